The molecule has 4 atom stereocenters. The first-order valence-corrected chi connectivity index (χ1v) is 13.1. The number of aliphatic hydroxyl groups excluding tert-OH is 3. The van der Waals surface area contributed by atoms with Crippen molar-refractivity contribution < 1.29 is 24.8 Å². The van der Waals surface area contributed by atoms with Crippen LogP contribution in [0.15, 0.2) is 12.2 Å². The fraction of sp³-hybridized carbons (Fsp3) is 0.923. The summed E-state index contributed by atoms with van der Waals surface area (Å²) in [4.78, 5) is 0. The van der Waals surface area contributed by atoms with E-state index in [0.29, 0.717) is 6.61 Å². The van der Waals surface area contributed by atoms with Gasteiger partial charge in [-0.25, -0.2) is 0 Å². The maximum atomic E-state index is 9.85. The molecule has 0 bridgehead atoms. The Labute approximate surface area is 191 Å². The van der Waals surface area contributed by atoms with Gasteiger partial charge >= 0.3 is 0 Å². The molecule has 1 fully saturated rings. The number of hydrogen-bond acceptors (Lipinski definition) is 5. The van der Waals surface area contributed by atoms with Gasteiger partial charge in [-0.3, -0.25) is 0 Å². The Morgan fingerprint density at radius 1 is 0.806 bits per heavy atom. The third-order valence-corrected chi connectivity index (χ3v) is 6.22. The lowest BCUT2D eigenvalue weighted by atomic mass is 10.1. The third kappa shape index (κ3) is 14.3. The summed E-state index contributed by atoms with van der Waals surface area (Å²) in [5.74, 6) is 0. The predicted octanol–water partition coefficient (Wildman–Crippen LogP) is 5.30. The maximum absolute atomic E-state index is 9.85. The van der Waals surface area contributed by atoms with Gasteiger partial charge in [0.1, 0.15) is 24.4 Å². The van der Waals surface area contributed by atoms with Crippen LogP contribution in [-0.2, 0) is 9.47 Å². The lowest BCUT2D eigenvalue weighted by Gasteiger charge is -2.24. The summed E-state index contributed by atoms with van der Waals surface area (Å²) in [6.07, 6.45) is 22.3. The highest BCUT2D eigenvalue weighted by Crippen LogP contribution is 2.20. The molecule has 0 spiro atoms. The average Bonchev–Trinajstić information content (AvgIpc) is 3.11. The van der Waals surface area contributed by atoms with E-state index < -0.39 is 24.4 Å². The average molecular weight is 443 g/mol. The third-order valence-electron chi connectivity index (χ3n) is 6.22. The van der Waals surface area contributed by atoms with Crippen molar-refractivity contribution in [1.82, 2.24) is 0 Å². The number of rotatable bonds is 21. The largest absolute Gasteiger partial charge is 0.394 e. The van der Waals surface area contributed by atoms with Crippen molar-refractivity contribution in [1.29, 1.82) is 0 Å². The second-order valence-corrected chi connectivity index (χ2v) is 9.09. The Balaban J connectivity index is 1.82. The van der Waals surface area contributed by atoms with Gasteiger partial charge in [-0.1, -0.05) is 89.7 Å². The molecule has 1 heterocycles. The number of hydrogen-bond donors (Lipinski definition) is 3. The molecule has 1 rings (SSSR count). The van der Waals surface area contributed by atoms with Gasteiger partial charge in [0.2, 0.25) is 0 Å². The van der Waals surface area contributed by atoms with Gasteiger partial charge in [0.25, 0.3) is 0 Å². The molecule has 1 saturated heterocycles. The fourth-order valence-electron chi connectivity index (χ4n) is 4.14. The molecule has 0 aromatic heterocycles. The Kier molecular flexibility index (Phi) is 18.6. The Bertz CT molecular complexity index is 415. The molecule has 0 aromatic rings. The number of ether oxygens (including phenoxy) is 2. The van der Waals surface area contributed by atoms with Crippen LogP contribution in [0.1, 0.15) is 110 Å². The summed E-state index contributed by atoms with van der Waals surface area (Å²) < 4.78 is 11.0. The van der Waals surface area contributed by atoms with E-state index in [2.05, 4.69) is 19.1 Å². The van der Waals surface area contributed by atoms with E-state index in [9.17, 15) is 15.3 Å². The van der Waals surface area contributed by atoms with Crippen molar-refractivity contribution >= 4 is 0 Å². The standard InChI is InChI=1S/C26H50O5/c1-2-3-4-5-6-7-8-9-10-11-12-13-14-15-16-17-18-19-20-30-24(21-27)26-25(29)23(28)22-31-26/h10-11,23-29H,2-9,12-22H2,1H3/b11-10+/t23-,24+,25+,26+/m0/s1. The number of unbranched alkanes of at least 4 members (excludes halogenated alkanes) is 14. The van der Waals surface area contributed by atoms with E-state index in [4.69, 9.17) is 9.47 Å². The summed E-state index contributed by atoms with van der Waals surface area (Å²) in [6, 6.07) is 0. The summed E-state index contributed by atoms with van der Waals surface area (Å²) in [5, 5.41) is 28.8. The van der Waals surface area contributed by atoms with Gasteiger partial charge in [0.05, 0.1) is 13.2 Å². The minimum absolute atomic E-state index is 0.0979. The van der Waals surface area contributed by atoms with Crippen LogP contribution in [0.4, 0.5) is 0 Å². The van der Waals surface area contributed by atoms with Gasteiger partial charge in [-0.2, -0.15) is 0 Å². The van der Waals surface area contributed by atoms with Gasteiger partial charge in [-0.15, -0.1) is 0 Å². The fourth-order valence-corrected chi connectivity index (χ4v) is 4.14. The molecule has 5 heteroatoms. The van der Waals surface area contributed by atoms with Crippen molar-refractivity contribution in [2.45, 2.75) is 134 Å². The SMILES string of the molecule is CCCCCCCCC/C=C/CCCCCCCCCO[C@H](CO)[C@H]1OC[C@H](O)[C@H]1O. The maximum Gasteiger partial charge on any atom is 0.114 e. The summed E-state index contributed by atoms with van der Waals surface area (Å²) in [7, 11) is 0. The van der Waals surface area contributed by atoms with Crippen LogP contribution >= 0.6 is 0 Å². The van der Waals surface area contributed by atoms with Gasteiger partial charge in [0, 0.05) is 6.61 Å². The van der Waals surface area contributed by atoms with E-state index in [-0.39, 0.29) is 13.2 Å². The Morgan fingerprint density at radius 3 is 1.81 bits per heavy atom. The van der Waals surface area contributed by atoms with Crippen molar-refractivity contribution in [2.75, 3.05) is 19.8 Å². The minimum Gasteiger partial charge on any atom is -0.394 e. The zero-order chi connectivity index (χ0) is 22.6. The predicted molar refractivity (Wildman–Crippen MR) is 127 cm³/mol. The molecule has 1 aliphatic rings. The van der Waals surface area contributed by atoms with Crippen molar-refractivity contribution in [3.63, 3.8) is 0 Å². The Hall–Kier alpha value is -0.460. The molecular formula is C26H50O5. The number of aliphatic hydroxyl groups is 3. The molecule has 0 saturated carbocycles. The molecule has 3 N–H and O–H groups in total. The van der Waals surface area contributed by atoms with E-state index >= 15 is 0 Å². The lowest BCUT2D eigenvalue weighted by molar-refractivity contribution is -0.101. The van der Waals surface area contributed by atoms with Crippen LogP contribution in [0.2, 0.25) is 0 Å². The van der Waals surface area contributed by atoms with E-state index in [1.54, 1.807) is 0 Å². The van der Waals surface area contributed by atoms with Crippen LogP contribution < -0.4 is 0 Å². The topological polar surface area (TPSA) is 79.2 Å². The molecule has 0 amide bonds. The Morgan fingerprint density at radius 2 is 1.32 bits per heavy atom. The minimum atomic E-state index is -0.979. The van der Waals surface area contributed by atoms with E-state index in [1.165, 1.54) is 89.9 Å². The van der Waals surface area contributed by atoms with Crippen LogP contribution in [0, 0.1) is 0 Å². The summed E-state index contributed by atoms with van der Waals surface area (Å²) in [6.45, 7) is 2.71. The molecule has 0 radical (unpaired) electrons. The smallest absolute Gasteiger partial charge is 0.114 e. The molecule has 0 unspecified atom stereocenters. The van der Waals surface area contributed by atoms with Gasteiger partial charge < -0.3 is 24.8 Å². The molecule has 5 nitrogen and oxygen atoms in total. The van der Waals surface area contributed by atoms with Crippen LogP contribution in [0.5, 0.6) is 0 Å². The highest BCUT2D eigenvalue weighted by atomic mass is 16.6. The van der Waals surface area contributed by atoms with Crippen LogP contribution in [0.3, 0.4) is 0 Å². The lowest BCUT2D eigenvalue weighted by Crippen LogP contribution is -2.42. The highest BCUT2D eigenvalue weighted by Gasteiger charge is 2.40. The van der Waals surface area contributed by atoms with Gasteiger partial charge in [-0.05, 0) is 32.1 Å². The summed E-state index contributed by atoms with van der Waals surface area (Å²) >= 11 is 0. The first-order chi connectivity index (χ1) is 15.2. The van der Waals surface area contributed by atoms with Gasteiger partial charge in [0.15, 0.2) is 0 Å². The molecular weight excluding hydrogens is 392 g/mol. The van der Waals surface area contributed by atoms with E-state index in [0.717, 1.165) is 12.8 Å². The molecule has 0 aliphatic carbocycles. The second kappa shape index (κ2) is 20.2. The first kappa shape index (κ1) is 28.6. The summed E-state index contributed by atoms with van der Waals surface area (Å²) in [5.41, 5.74) is 0. The molecule has 184 valence electrons. The molecule has 31 heavy (non-hydrogen) atoms. The molecule has 1 aliphatic heterocycles. The van der Waals surface area contributed by atoms with Crippen LogP contribution in [0.25, 0.3) is 0 Å². The van der Waals surface area contributed by atoms with E-state index in [1.807, 2.05) is 0 Å². The van der Waals surface area contributed by atoms with Crippen molar-refractivity contribution in [3.05, 3.63) is 12.2 Å². The zero-order valence-electron chi connectivity index (χ0n) is 20.1. The first-order valence-electron chi connectivity index (χ1n) is 13.1. The monoisotopic (exact) mass is 442 g/mol. The highest BCUT2D eigenvalue weighted by molar-refractivity contribution is 4.88. The van der Waals surface area contributed by atoms with Crippen molar-refractivity contribution in [3.8, 4) is 0 Å². The van der Waals surface area contributed by atoms with Crippen LogP contribution in [-0.4, -0.2) is 59.6 Å². The van der Waals surface area contributed by atoms with Crippen molar-refractivity contribution in [2.24, 2.45) is 0 Å². The number of allylic oxidation sites excluding steroid dienone is 2. The molecule has 0 aromatic carbocycles. The zero-order valence-corrected chi connectivity index (χ0v) is 20.1. The normalized spacial score (nSPS) is 22.5. The quantitative estimate of drug-likeness (QED) is 0.166. The second-order valence-electron chi connectivity index (χ2n) is 9.09.